The molecule has 0 atom stereocenters. The van der Waals surface area contributed by atoms with E-state index >= 15 is 0 Å². The molecule has 1 N–H and O–H groups in total. The Kier molecular flexibility index (Phi) is 3.71. The summed E-state index contributed by atoms with van der Waals surface area (Å²) in [4.78, 5) is 12.9. The fraction of sp³-hybridized carbons (Fsp3) is 0.778. The molecular formula is C9H14N2O2. The number of aliphatic hydroxyl groups excluding tert-OH is 1. The van der Waals surface area contributed by atoms with Crippen molar-refractivity contribution in [1.29, 1.82) is 5.26 Å². The van der Waals surface area contributed by atoms with Crippen molar-refractivity contribution < 1.29 is 9.90 Å². The fourth-order valence-corrected chi connectivity index (χ4v) is 1.54. The number of carbonyl (C=O) groups is 1. The second-order valence-corrected chi connectivity index (χ2v) is 3.34. The Balaban J connectivity index is 2.33. The monoisotopic (exact) mass is 182 g/mol. The zero-order chi connectivity index (χ0) is 9.68. The molecule has 0 aliphatic carbocycles. The molecule has 0 bridgehead atoms. The van der Waals surface area contributed by atoms with Gasteiger partial charge in [-0.2, -0.15) is 5.26 Å². The summed E-state index contributed by atoms with van der Waals surface area (Å²) in [6.45, 7) is 1.58. The van der Waals surface area contributed by atoms with Gasteiger partial charge in [0.1, 0.15) is 6.42 Å². The fourth-order valence-electron chi connectivity index (χ4n) is 1.54. The van der Waals surface area contributed by atoms with E-state index < -0.39 is 0 Å². The Morgan fingerprint density at radius 2 is 2.15 bits per heavy atom. The highest BCUT2D eigenvalue weighted by atomic mass is 16.3. The molecule has 0 unspecified atom stereocenters. The minimum atomic E-state index is -0.0844. The molecule has 4 heteroatoms. The molecule has 4 nitrogen and oxygen atoms in total. The molecule has 0 saturated carbocycles. The number of hydrogen-bond donors (Lipinski definition) is 1. The summed E-state index contributed by atoms with van der Waals surface area (Å²) in [5, 5.41) is 17.2. The molecule has 1 heterocycles. The number of carbonyl (C=O) groups excluding carboxylic acids is 1. The topological polar surface area (TPSA) is 64.3 Å². The molecule has 1 aliphatic rings. The highest BCUT2D eigenvalue weighted by Crippen LogP contribution is 2.16. The van der Waals surface area contributed by atoms with E-state index in [9.17, 15) is 4.79 Å². The van der Waals surface area contributed by atoms with Gasteiger partial charge in [0.05, 0.1) is 6.07 Å². The highest BCUT2D eigenvalue weighted by molar-refractivity contribution is 5.78. The first kappa shape index (κ1) is 10.0. The molecule has 0 aromatic rings. The van der Waals surface area contributed by atoms with Crippen molar-refractivity contribution in [3.8, 4) is 6.07 Å². The minimum absolute atomic E-state index is 0.0240. The van der Waals surface area contributed by atoms with Crippen LogP contribution in [-0.4, -0.2) is 35.6 Å². The van der Waals surface area contributed by atoms with Gasteiger partial charge in [-0.25, -0.2) is 0 Å². The molecule has 1 aliphatic heterocycles. The van der Waals surface area contributed by atoms with Crippen LogP contribution in [0.4, 0.5) is 0 Å². The molecule has 1 fully saturated rings. The summed E-state index contributed by atoms with van der Waals surface area (Å²) in [5.74, 6) is 0.255. The third-order valence-electron chi connectivity index (χ3n) is 2.46. The predicted molar refractivity (Wildman–Crippen MR) is 46.6 cm³/mol. The van der Waals surface area contributed by atoms with Crippen molar-refractivity contribution >= 4 is 5.91 Å². The van der Waals surface area contributed by atoms with Gasteiger partial charge in [-0.05, 0) is 18.8 Å². The smallest absolute Gasteiger partial charge is 0.236 e. The van der Waals surface area contributed by atoms with Gasteiger partial charge in [0, 0.05) is 19.7 Å². The largest absolute Gasteiger partial charge is 0.396 e. The molecule has 0 radical (unpaired) electrons. The van der Waals surface area contributed by atoms with Crippen molar-refractivity contribution in [2.75, 3.05) is 19.7 Å². The van der Waals surface area contributed by atoms with Gasteiger partial charge in [-0.15, -0.1) is 0 Å². The summed E-state index contributed by atoms with van der Waals surface area (Å²) in [6.07, 6.45) is 1.69. The average molecular weight is 182 g/mol. The van der Waals surface area contributed by atoms with Crippen LogP contribution in [0, 0.1) is 17.2 Å². The van der Waals surface area contributed by atoms with Crippen LogP contribution in [0.5, 0.6) is 0 Å². The lowest BCUT2D eigenvalue weighted by Gasteiger charge is -2.30. The van der Waals surface area contributed by atoms with Crippen LogP contribution < -0.4 is 0 Å². The lowest BCUT2D eigenvalue weighted by Crippen LogP contribution is -2.38. The second-order valence-electron chi connectivity index (χ2n) is 3.34. The zero-order valence-corrected chi connectivity index (χ0v) is 7.57. The van der Waals surface area contributed by atoms with Crippen molar-refractivity contribution in [3.63, 3.8) is 0 Å². The normalized spacial score (nSPS) is 18.3. The van der Waals surface area contributed by atoms with Crippen molar-refractivity contribution in [3.05, 3.63) is 0 Å². The van der Waals surface area contributed by atoms with E-state index in [0.717, 1.165) is 12.8 Å². The average Bonchev–Trinajstić information content (AvgIpc) is 2.18. The molecule has 1 rings (SSSR count). The molecule has 0 aromatic carbocycles. The number of aliphatic hydroxyl groups is 1. The van der Waals surface area contributed by atoms with E-state index in [1.54, 1.807) is 4.90 Å². The first-order chi connectivity index (χ1) is 6.27. The van der Waals surface area contributed by atoms with E-state index in [2.05, 4.69) is 0 Å². The van der Waals surface area contributed by atoms with Crippen LogP contribution in [0.15, 0.2) is 0 Å². The number of amides is 1. The van der Waals surface area contributed by atoms with Crippen LogP contribution in [0.1, 0.15) is 19.3 Å². The van der Waals surface area contributed by atoms with E-state index in [-0.39, 0.29) is 18.9 Å². The van der Waals surface area contributed by atoms with Gasteiger partial charge in [-0.1, -0.05) is 0 Å². The molecular weight excluding hydrogens is 168 g/mol. The SMILES string of the molecule is N#CCC(=O)N1CCC(CO)CC1. The number of nitrogens with zero attached hydrogens (tertiary/aromatic N) is 2. The van der Waals surface area contributed by atoms with Gasteiger partial charge in [0.15, 0.2) is 0 Å². The third kappa shape index (κ3) is 2.71. The molecule has 0 aromatic heterocycles. The van der Waals surface area contributed by atoms with Crippen molar-refractivity contribution in [2.24, 2.45) is 5.92 Å². The third-order valence-corrected chi connectivity index (χ3v) is 2.46. The number of likely N-dealkylation sites (tertiary alicyclic amines) is 1. The summed E-state index contributed by atoms with van der Waals surface area (Å²) < 4.78 is 0. The maximum absolute atomic E-state index is 11.2. The van der Waals surface area contributed by atoms with E-state index in [0.29, 0.717) is 19.0 Å². The van der Waals surface area contributed by atoms with Crippen LogP contribution in [0.3, 0.4) is 0 Å². The lowest BCUT2D eigenvalue weighted by atomic mass is 9.98. The maximum atomic E-state index is 11.2. The van der Waals surface area contributed by atoms with Gasteiger partial charge in [0.25, 0.3) is 0 Å². The summed E-state index contributed by atoms with van der Waals surface area (Å²) in [5.41, 5.74) is 0. The number of hydrogen-bond acceptors (Lipinski definition) is 3. The predicted octanol–water partition coefficient (Wildman–Crippen LogP) is 0.131. The maximum Gasteiger partial charge on any atom is 0.236 e. The van der Waals surface area contributed by atoms with Crippen LogP contribution in [0.25, 0.3) is 0 Å². The standard InChI is InChI=1S/C9H14N2O2/c10-4-1-9(13)11-5-2-8(7-12)3-6-11/h8,12H,1-3,5-7H2. The van der Waals surface area contributed by atoms with E-state index in [1.165, 1.54) is 0 Å². The van der Waals surface area contributed by atoms with Gasteiger partial charge < -0.3 is 10.0 Å². The summed E-state index contributed by atoms with van der Waals surface area (Å²) in [6, 6.07) is 1.85. The molecule has 13 heavy (non-hydrogen) atoms. The quantitative estimate of drug-likeness (QED) is 0.660. The molecule has 1 saturated heterocycles. The molecule has 72 valence electrons. The Hall–Kier alpha value is -1.08. The van der Waals surface area contributed by atoms with Gasteiger partial charge in [-0.3, -0.25) is 4.79 Å². The Labute approximate surface area is 77.8 Å². The second kappa shape index (κ2) is 4.83. The number of piperidine rings is 1. The van der Waals surface area contributed by atoms with Crippen LogP contribution in [-0.2, 0) is 4.79 Å². The minimum Gasteiger partial charge on any atom is -0.396 e. The van der Waals surface area contributed by atoms with E-state index in [4.69, 9.17) is 10.4 Å². The van der Waals surface area contributed by atoms with Crippen LogP contribution in [0.2, 0.25) is 0 Å². The molecule has 1 amide bonds. The first-order valence-corrected chi connectivity index (χ1v) is 4.53. The highest BCUT2D eigenvalue weighted by Gasteiger charge is 2.21. The van der Waals surface area contributed by atoms with Gasteiger partial charge >= 0.3 is 0 Å². The van der Waals surface area contributed by atoms with E-state index in [1.807, 2.05) is 6.07 Å². The summed E-state index contributed by atoms with van der Waals surface area (Å²) >= 11 is 0. The Morgan fingerprint density at radius 3 is 2.62 bits per heavy atom. The number of nitriles is 1. The zero-order valence-electron chi connectivity index (χ0n) is 7.57. The van der Waals surface area contributed by atoms with Crippen molar-refractivity contribution in [2.45, 2.75) is 19.3 Å². The van der Waals surface area contributed by atoms with Crippen molar-refractivity contribution in [1.82, 2.24) is 4.90 Å². The number of rotatable bonds is 2. The lowest BCUT2D eigenvalue weighted by molar-refractivity contribution is -0.131. The Bertz CT molecular complexity index is 214. The van der Waals surface area contributed by atoms with Gasteiger partial charge in [0.2, 0.25) is 5.91 Å². The Morgan fingerprint density at radius 1 is 1.54 bits per heavy atom. The van der Waals surface area contributed by atoms with Crippen LogP contribution >= 0.6 is 0 Å². The molecule has 0 spiro atoms. The summed E-state index contributed by atoms with van der Waals surface area (Å²) in [7, 11) is 0. The first-order valence-electron chi connectivity index (χ1n) is 4.53.